The molecule has 0 spiro atoms. The summed E-state index contributed by atoms with van der Waals surface area (Å²) in [6.07, 6.45) is 1.81. The number of aromatic nitrogens is 2. The number of pyridine rings is 1. The second kappa shape index (κ2) is 8.85. The number of hydrogen-bond donors (Lipinski definition) is 1. The van der Waals surface area contributed by atoms with Crippen molar-refractivity contribution in [1.82, 2.24) is 9.55 Å². The Kier molecular flexibility index (Phi) is 5.50. The Morgan fingerprint density at radius 3 is 2.14 bits per heavy atom. The molecule has 1 N–H and O–H groups in total. The quantitative estimate of drug-likeness (QED) is 0.209. The molecule has 6 heteroatoms. The fourth-order valence-corrected chi connectivity index (χ4v) is 4.91. The maximum atomic E-state index is 10.5. The molecular formula is C30H20N4OPt. The third-order valence-electron chi connectivity index (χ3n) is 6.48. The average molecular weight is 648 g/mol. The van der Waals surface area contributed by atoms with E-state index in [1.807, 2.05) is 66.3 Å². The van der Waals surface area contributed by atoms with Crippen molar-refractivity contribution in [2.24, 2.45) is 0 Å². The number of hydrogen-bond acceptors (Lipinski definition) is 4. The van der Waals surface area contributed by atoms with E-state index in [4.69, 9.17) is 0 Å². The third kappa shape index (κ3) is 3.39. The van der Waals surface area contributed by atoms with Gasteiger partial charge in [0.15, 0.2) is 0 Å². The fraction of sp³-hybridized carbons (Fsp3) is 0. The van der Waals surface area contributed by atoms with Crippen molar-refractivity contribution in [2.75, 3.05) is 9.80 Å². The molecule has 0 atom stereocenters. The zero-order valence-corrected chi connectivity index (χ0v) is 21.3. The van der Waals surface area contributed by atoms with E-state index >= 15 is 0 Å². The van der Waals surface area contributed by atoms with E-state index < -0.39 is 0 Å². The Labute approximate surface area is 223 Å². The molecule has 0 bridgehead atoms. The number of phenolic OH excluding ortho intramolecular Hbond substituents is 1. The molecule has 5 nitrogen and oxygen atoms in total. The predicted molar refractivity (Wildman–Crippen MR) is 141 cm³/mol. The van der Waals surface area contributed by atoms with Crippen LogP contribution in [-0.4, -0.2) is 14.7 Å². The van der Waals surface area contributed by atoms with Crippen LogP contribution in [0.2, 0.25) is 0 Å². The molecule has 176 valence electrons. The molecule has 1 aliphatic rings. The number of benzene rings is 4. The molecule has 0 amide bonds. The molecule has 0 radical (unpaired) electrons. The molecule has 6 aromatic rings. The molecule has 0 unspecified atom stereocenters. The number of phenols is 1. The molecule has 7 rings (SSSR count). The van der Waals surface area contributed by atoms with Crippen molar-refractivity contribution in [3.8, 4) is 11.6 Å². The van der Waals surface area contributed by atoms with E-state index in [2.05, 4.69) is 69.0 Å². The van der Waals surface area contributed by atoms with Crippen molar-refractivity contribution in [2.45, 2.75) is 0 Å². The van der Waals surface area contributed by atoms with E-state index in [-0.39, 0.29) is 26.8 Å². The summed E-state index contributed by atoms with van der Waals surface area (Å²) in [6, 6.07) is 37.8. The van der Waals surface area contributed by atoms with Gasteiger partial charge in [-0.2, -0.15) is 6.07 Å². The molecule has 2 aromatic heterocycles. The second-order valence-corrected chi connectivity index (χ2v) is 8.48. The van der Waals surface area contributed by atoms with Gasteiger partial charge >= 0.3 is 21.1 Å². The van der Waals surface area contributed by atoms with Gasteiger partial charge in [-0.25, -0.2) is 4.98 Å². The van der Waals surface area contributed by atoms with Gasteiger partial charge in [0.1, 0.15) is 11.6 Å². The van der Waals surface area contributed by atoms with Gasteiger partial charge in [-0.15, -0.1) is 29.9 Å². The van der Waals surface area contributed by atoms with Crippen LogP contribution in [-0.2, 0) is 21.1 Å². The summed E-state index contributed by atoms with van der Waals surface area (Å²) in [5.41, 5.74) is 5.71. The monoisotopic (exact) mass is 647 g/mol. The van der Waals surface area contributed by atoms with E-state index in [0.29, 0.717) is 0 Å². The first-order valence-corrected chi connectivity index (χ1v) is 11.5. The summed E-state index contributed by atoms with van der Waals surface area (Å²) < 4.78 is 2.16. The molecule has 1 aliphatic heterocycles. The SMILES string of the molecule is Oc1ccccc1N1[CH-]N(c2[c-]c3c(cc2)c2ccccc2n3-c2ccccn2)c2ccccc21.[Pt+2]. The van der Waals surface area contributed by atoms with Crippen molar-refractivity contribution in [1.29, 1.82) is 0 Å². The van der Waals surface area contributed by atoms with E-state index in [9.17, 15) is 5.11 Å². The van der Waals surface area contributed by atoms with Crippen LogP contribution < -0.4 is 9.80 Å². The predicted octanol–water partition coefficient (Wildman–Crippen LogP) is 7.09. The van der Waals surface area contributed by atoms with Crippen LogP contribution in [0.25, 0.3) is 27.6 Å². The minimum atomic E-state index is 0. The zero-order chi connectivity index (χ0) is 23.4. The van der Waals surface area contributed by atoms with Crippen LogP contribution in [0.15, 0.2) is 109 Å². The average Bonchev–Trinajstić information content (AvgIpc) is 3.45. The zero-order valence-electron chi connectivity index (χ0n) is 19.0. The molecular weight excluding hydrogens is 627 g/mol. The van der Waals surface area contributed by atoms with Gasteiger partial charge < -0.3 is 19.5 Å². The minimum absolute atomic E-state index is 0. The van der Waals surface area contributed by atoms with Crippen LogP contribution in [0.4, 0.5) is 22.7 Å². The van der Waals surface area contributed by atoms with E-state index in [1.165, 1.54) is 0 Å². The van der Waals surface area contributed by atoms with Crippen LogP contribution in [0, 0.1) is 12.7 Å². The summed E-state index contributed by atoms with van der Waals surface area (Å²) in [5, 5.41) is 12.8. The summed E-state index contributed by atoms with van der Waals surface area (Å²) >= 11 is 0. The maximum absolute atomic E-state index is 10.5. The largest absolute Gasteiger partial charge is 2.00 e. The number of rotatable bonds is 3. The minimum Gasteiger partial charge on any atom is -0.506 e. The molecule has 0 aliphatic carbocycles. The normalized spacial score (nSPS) is 12.7. The Morgan fingerprint density at radius 1 is 0.667 bits per heavy atom. The van der Waals surface area contributed by atoms with Crippen molar-refractivity contribution in [3.05, 3.63) is 122 Å². The third-order valence-corrected chi connectivity index (χ3v) is 6.48. The maximum Gasteiger partial charge on any atom is 2.00 e. The van der Waals surface area contributed by atoms with Gasteiger partial charge in [0.05, 0.1) is 5.69 Å². The standard InChI is InChI=1S/C30H20N4O.Pt/c35-29-14-6-5-13-27(29)33-20-32(25-11-3-4-12-26(25)33)21-16-17-23-22-9-1-2-10-24(22)34(28(23)19-21)30-15-7-8-18-31-30;/h1-18,20,35H;/q-2;+2. The molecule has 0 saturated heterocycles. The van der Waals surface area contributed by atoms with Crippen molar-refractivity contribution in [3.63, 3.8) is 0 Å². The summed E-state index contributed by atoms with van der Waals surface area (Å²) in [5.74, 6) is 1.09. The van der Waals surface area contributed by atoms with Gasteiger partial charge in [0.2, 0.25) is 0 Å². The number of aromatic hydroxyl groups is 1. The first-order chi connectivity index (χ1) is 17.3. The summed E-state index contributed by atoms with van der Waals surface area (Å²) in [7, 11) is 0. The van der Waals surface area contributed by atoms with Crippen molar-refractivity contribution >= 4 is 44.6 Å². The van der Waals surface area contributed by atoms with Gasteiger partial charge in [-0.3, -0.25) is 0 Å². The Hall–Kier alpha value is -4.08. The van der Waals surface area contributed by atoms with Crippen LogP contribution in [0.3, 0.4) is 0 Å². The van der Waals surface area contributed by atoms with E-state index in [0.717, 1.165) is 50.4 Å². The number of anilines is 4. The van der Waals surface area contributed by atoms with Gasteiger partial charge in [-0.1, -0.05) is 54.0 Å². The number of para-hydroxylation sites is 5. The Morgan fingerprint density at radius 2 is 1.36 bits per heavy atom. The van der Waals surface area contributed by atoms with Gasteiger partial charge in [-0.05, 0) is 47.9 Å². The van der Waals surface area contributed by atoms with Crippen LogP contribution in [0.1, 0.15) is 0 Å². The van der Waals surface area contributed by atoms with Crippen LogP contribution in [0.5, 0.6) is 5.75 Å². The number of fused-ring (bicyclic) bond motifs is 4. The summed E-state index contributed by atoms with van der Waals surface area (Å²) in [4.78, 5) is 8.76. The second-order valence-electron chi connectivity index (χ2n) is 8.48. The first-order valence-electron chi connectivity index (χ1n) is 11.5. The molecule has 0 saturated carbocycles. The summed E-state index contributed by atoms with van der Waals surface area (Å²) in [6.45, 7) is 2.01. The van der Waals surface area contributed by atoms with Crippen LogP contribution >= 0.6 is 0 Å². The molecule has 4 aromatic carbocycles. The van der Waals surface area contributed by atoms with Gasteiger partial charge in [0.25, 0.3) is 0 Å². The molecule has 36 heavy (non-hydrogen) atoms. The topological polar surface area (TPSA) is 44.5 Å². The Balaban J connectivity index is 0.00000240. The molecule has 3 heterocycles. The fourth-order valence-electron chi connectivity index (χ4n) is 4.91. The first kappa shape index (κ1) is 22.4. The Bertz CT molecular complexity index is 1710. The van der Waals surface area contributed by atoms with Gasteiger partial charge in [0, 0.05) is 23.1 Å². The number of nitrogens with zero attached hydrogens (tertiary/aromatic N) is 4. The van der Waals surface area contributed by atoms with E-state index in [1.54, 1.807) is 6.07 Å². The van der Waals surface area contributed by atoms with Crippen molar-refractivity contribution < 1.29 is 26.2 Å². The molecule has 0 fully saturated rings. The smallest absolute Gasteiger partial charge is 0.506 e.